The SMILES string of the molecule is CCCN(CCC(=O)Nc1ccccc1C(F)(F)F)S(C)(=O)=O. The quantitative estimate of drug-likeness (QED) is 0.820. The highest BCUT2D eigenvalue weighted by Gasteiger charge is 2.33. The number of nitrogens with zero attached hydrogens (tertiary/aromatic N) is 1. The van der Waals surface area contributed by atoms with Crippen LogP contribution in [-0.2, 0) is 21.0 Å². The van der Waals surface area contributed by atoms with E-state index in [2.05, 4.69) is 5.32 Å². The summed E-state index contributed by atoms with van der Waals surface area (Å²) >= 11 is 0. The summed E-state index contributed by atoms with van der Waals surface area (Å²) in [4.78, 5) is 11.8. The van der Waals surface area contributed by atoms with Crippen LogP contribution in [0.2, 0.25) is 0 Å². The lowest BCUT2D eigenvalue weighted by atomic mass is 10.1. The van der Waals surface area contributed by atoms with E-state index >= 15 is 0 Å². The predicted octanol–water partition coefficient (Wildman–Crippen LogP) is 2.71. The van der Waals surface area contributed by atoms with Gasteiger partial charge in [-0.1, -0.05) is 19.1 Å². The third-order valence-electron chi connectivity index (χ3n) is 3.04. The fraction of sp³-hybridized carbons (Fsp3) is 0.500. The molecule has 0 aliphatic rings. The van der Waals surface area contributed by atoms with Crippen LogP contribution in [0.3, 0.4) is 0 Å². The van der Waals surface area contributed by atoms with Crippen molar-refractivity contribution in [3.05, 3.63) is 29.8 Å². The molecule has 0 fully saturated rings. The zero-order valence-electron chi connectivity index (χ0n) is 12.9. The van der Waals surface area contributed by atoms with Crippen molar-refractivity contribution in [1.82, 2.24) is 4.31 Å². The topological polar surface area (TPSA) is 66.5 Å². The molecule has 9 heteroatoms. The number of carbonyl (C=O) groups is 1. The number of rotatable bonds is 7. The number of hydrogen-bond acceptors (Lipinski definition) is 3. The van der Waals surface area contributed by atoms with E-state index in [4.69, 9.17) is 0 Å². The first kappa shape index (κ1) is 19.4. The Balaban J connectivity index is 2.75. The molecule has 1 aromatic carbocycles. The molecule has 23 heavy (non-hydrogen) atoms. The standard InChI is InChI=1S/C14H19F3N2O3S/c1-3-9-19(23(2,21)22)10-8-13(20)18-12-7-5-4-6-11(12)14(15,16)17/h4-7H,3,8-10H2,1-2H3,(H,18,20). The number of carbonyl (C=O) groups excluding carboxylic acids is 1. The zero-order chi connectivity index (χ0) is 17.7. The Labute approximate surface area is 133 Å². The fourth-order valence-electron chi connectivity index (χ4n) is 1.97. The highest BCUT2D eigenvalue weighted by Crippen LogP contribution is 2.34. The molecule has 0 spiro atoms. The largest absolute Gasteiger partial charge is 0.418 e. The van der Waals surface area contributed by atoms with Crippen molar-refractivity contribution in [3.8, 4) is 0 Å². The third kappa shape index (κ3) is 6.19. The van der Waals surface area contributed by atoms with Crippen LogP contribution in [-0.4, -0.2) is 38.0 Å². The second-order valence-corrected chi connectivity index (χ2v) is 6.99. The van der Waals surface area contributed by atoms with E-state index in [0.717, 1.165) is 22.7 Å². The molecule has 0 saturated heterocycles. The first-order valence-electron chi connectivity index (χ1n) is 6.97. The summed E-state index contributed by atoms with van der Waals surface area (Å²) in [6.45, 7) is 1.97. The first-order valence-corrected chi connectivity index (χ1v) is 8.81. The van der Waals surface area contributed by atoms with E-state index in [1.54, 1.807) is 6.92 Å². The van der Waals surface area contributed by atoms with E-state index < -0.39 is 27.7 Å². The number of para-hydroxylation sites is 1. The molecule has 0 saturated carbocycles. The Kier molecular flexibility index (Phi) is 6.57. The summed E-state index contributed by atoms with van der Waals surface area (Å²) in [5.74, 6) is -0.675. The maximum absolute atomic E-state index is 12.8. The van der Waals surface area contributed by atoms with E-state index in [-0.39, 0.29) is 25.2 Å². The Morgan fingerprint density at radius 1 is 1.22 bits per heavy atom. The molecule has 0 radical (unpaired) electrons. The van der Waals surface area contributed by atoms with Crippen molar-refractivity contribution in [2.75, 3.05) is 24.7 Å². The highest BCUT2D eigenvalue weighted by molar-refractivity contribution is 7.88. The minimum absolute atomic E-state index is 0.0767. The minimum Gasteiger partial charge on any atom is -0.325 e. The minimum atomic E-state index is -4.58. The van der Waals surface area contributed by atoms with Gasteiger partial charge in [-0.05, 0) is 18.6 Å². The Bertz CT molecular complexity index is 645. The van der Waals surface area contributed by atoms with E-state index in [9.17, 15) is 26.4 Å². The number of benzene rings is 1. The monoisotopic (exact) mass is 352 g/mol. The van der Waals surface area contributed by atoms with Crippen LogP contribution in [0.25, 0.3) is 0 Å². The van der Waals surface area contributed by atoms with Crippen LogP contribution in [0.4, 0.5) is 18.9 Å². The average Bonchev–Trinajstić information content (AvgIpc) is 2.41. The summed E-state index contributed by atoms with van der Waals surface area (Å²) in [5.41, 5.74) is -1.28. The number of nitrogens with one attached hydrogen (secondary N) is 1. The van der Waals surface area contributed by atoms with Gasteiger partial charge in [0.1, 0.15) is 0 Å². The van der Waals surface area contributed by atoms with Gasteiger partial charge in [-0.2, -0.15) is 13.2 Å². The van der Waals surface area contributed by atoms with Crippen LogP contribution >= 0.6 is 0 Å². The zero-order valence-corrected chi connectivity index (χ0v) is 13.7. The molecule has 1 aromatic rings. The van der Waals surface area contributed by atoms with Crippen LogP contribution in [0.15, 0.2) is 24.3 Å². The van der Waals surface area contributed by atoms with Crippen molar-refractivity contribution < 1.29 is 26.4 Å². The molecule has 1 N–H and O–H groups in total. The second-order valence-electron chi connectivity index (χ2n) is 5.00. The van der Waals surface area contributed by atoms with E-state index in [1.807, 2.05) is 0 Å². The van der Waals surface area contributed by atoms with Crippen molar-refractivity contribution >= 4 is 21.6 Å². The Hall–Kier alpha value is -1.61. The summed E-state index contributed by atoms with van der Waals surface area (Å²) in [6.07, 6.45) is -3.20. The van der Waals surface area contributed by atoms with Gasteiger partial charge in [0.25, 0.3) is 0 Å². The number of halogens is 3. The number of anilines is 1. The average molecular weight is 352 g/mol. The summed E-state index contributed by atoms with van der Waals surface area (Å²) in [6, 6.07) is 4.63. The van der Waals surface area contributed by atoms with E-state index in [1.165, 1.54) is 12.1 Å². The van der Waals surface area contributed by atoms with Gasteiger partial charge in [-0.15, -0.1) is 0 Å². The third-order valence-corrected chi connectivity index (χ3v) is 4.34. The summed E-state index contributed by atoms with van der Waals surface area (Å²) < 4.78 is 62.7. The lowest BCUT2D eigenvalue weighted by Crippen LogP contribution is -2.33. The number of amides is 1. The molecule has 130 valence electrons. The maximum Gasteiger partial charge on any atom is 0.418 e. The lowest BCUT2D eigenvalue weighted by Gasteiger charge is -2.19. The van der Waals surface area contributed by atoms with Gasteiger partial charge < -0.3 is 5.32 Å². The first-order chi connectivity index (χ1) is 10.6. The van der Waals surface area contributed by atoms with E-state index in [0.29, 0.717) is 6.42 Å². The second kappa shape index (κ2) is 7.78. The van der Waals surface area contributed by atoms with Crippen molar-refractivity contribution in [3.63, 3.8) is 0 Å². The molecule has 0 heterocycles. The molecule has 0 aromatic heterocycles. The van der Waals surface area contributed by atoms with Gasteiger partial charge >= 0.3 is 6.18 Å². The van der Waals surface area contributed by atoms with Gasteiger partial charge in [-0.25, -0.2) is 12.7 Å². The van der Waals surface area contributed by atoms with Crippen LogP contribution in [0.1, 0.15) is 25.3 Å². The van der Waals surface area contributed by atoms with Crippen molar-refractivity contribution in [2.45, 2.75) is 25.9 Å². The molecular formula is C14H19F3N2O3S. The predicted molar refractivity (Wildman–Crippen MR) is 81.4 cm³/mol. The molecule has 0 atom stereocenters. The molecule has 0 aliphatic carbocycles. The smallest absolute Gasteiger partial charge is 0.325 e. The molecule has 0 unspecified atom stereocenters. The fourth-order valence-corrected chi connectivity index (χ4v) is 2.91. The molecule has 1 amide bonds. The van der Waals surface area contributed by atoms with Gasteiger partial charge in [0.15, 0.2) is 0 Å². The molecular weight excluding hydrogens is 333 g/mol. The molecule has 5 nitrogen and oxygen atoms in total. The maximum atomic E-state index is 12.8. The molecule has 1 rings (SSSR count). The van der Waals surface area contributed by atoms with Gasteiger partial charge in [0.2, 0.25) is 15.9 Å². The Morgan fingerprint density at radius 2 is 1.83 bits per heavy atom. The number of alkyl halides is 3. The van der Waals surface area contributed by atoms with Gasteiger partial charge in [0, 0.05) is 19.5 Å². The summed E-state index contributed by atoms with van der Waals surface area (Å²) in [7, 11) is -3.45. The highest BCUT2D eigenvalue weighted by atomic mass is 32.2. The van der Waals surface area contributed by atoms with Crippen LogP contribution < -0.4 is 5.32 Å². The Morgan fingerprint density at radius 3 is 2.35 bits per heavy atom. The lowest BCUT2D eigenvalue weighted by molar-refractivity contribution is -0.137. The molecule has 0 bridgehead atoms. The normalized spacial score (nSPS) is 12.4. The van der Waals surface area contributed by atoms with Crippen LogP contribution in [0.5, 0.6) is 0 Å². The number of sulfonamides is 1. The van der Waals surface area contributed by atoms with Gasteiger partial charge in [-0.3, -0.25) is 4.79 Å². The van der Waals surface area contributed by atoms with Crippen LogP contribution in [0, 0.1) is 0 Å². The summed E-state index contributed by atoms with van der Waals surface area (Å²) in [5, 5.41) is 2.19. The van der Waals surface area contributed by atoms with Crippen molar-refractivity contribution in [1.29, 1.82) is 0 Å². The molecule has 0 aliphatic heterocycles. The van der Waals surface area contributed by atoms with Gasteiger partial charge in [0.05, 0.1) is 17.5 Å². The number of hydrogen-bond donors (Lipinski definition) is 1. The van der Waals surface area contributed by atoms with Crippen molar-refractivity contribution in [2.24, 2.45) is 0 Å².